The van der Waals surface area contributed by atoms with Crippen molar-refractivity contribution in [1.29, 1.82) is 0 Å². The van der Waals surface area contributed by atoms with Gasteiger partial charge in [-0.05, 0) is 0 Å². The molecule has 0 amide bonds. The first-order valence-corrected chi connectivity index (χ1v) is 5.37. The number of rotatable bonds is 2. The molecule has 1 N–H and O–H groups in total. The van der Waals surface area contributed by atoms with Gasteiger partial charge in [0, 0.05) is 6.92 Å². The van der Waals surface area contributed by atoms with E-state index in [-0.39, 0.29) is 0 Å². The van der Waals surface area contributed by atoms with Crippen molar-refractivity contribution in [2.24, 2.45) is 0 Å². The molecule has 0 aromatic rings. The summed E-state index contributed by atoms with van der Waals surface area (Å²) in [5, 5.41) is 7.42. The molecule has 0 saturated heterocycles. The van der Waals surface area contributed by atoms with Crippen molar-refractivity contribution in [3.8, 4) is 0 Å². The van der Waals surface area contributed by atoms with Crippen LogP contribution in [0.25, 0.3) is 0 Å². The fourth-order valence-corrected chi connectivity index (χ4v) is 1.37. The van der Waals surface area contributed by atoms with E-state index in [1.54, 1.807) is 0 Å². The molecule has 2 nitrogen and oxygen atoms in total. The molecule has 0 spiro atoms. The summed E-state index contributed by atoms with van der Waals surface area (Å²) >= 11 is 1.45. The molecule has 0 rings (SSSR count). The Morgan fingerprint density at radius 1 is 1.67 bits per heavy atom. The number of unbranched alkanes of at least 4 members (excludes halogenated alkanes) is 1. The first-order chi connectivity index (χ1) is 4.15. The molecule has 0 atom stereocenters. The van der Waals surface area contributed by atoms with Gasteiger partial charge in [0.15, 0.2) is 0 Å². The first kappa shape index (κ1) is 12.0. The molecule has 3 heteroatoms. The van der Waals surface area contributed by atoms with Crippen LogP contribution in [0.2, 0.25) is 4.44 Å². The van der Waals surface area contributed by atoms with E-state index in [9.17, 15) is 0 Å². The molecule has 0 aromatic carbocycles. The van der Waals surface area contributed by atoms with Crippen LogP contribution < -0.4 is 0 Å². The topological polar surface area (TPSA) is 37.3 Å². The van der Waals surface area contributed by atoms with Crippen molar-refractivity contribution in [3.05, 3.63) is 0 Å². The minimum absolute atomic E-state index is 0.833. The van der Waals surface area contributed by atoms with E-state index in [0.717, 1.165) is 6.92 Å². The van der Waals surface area contributed by atoms with Gasteiger partial charge >= 0.3 is 46.7 Å². The predicted octanol–water partition coefficient (Wildman–Crippen LogP) is 1.20. The third-order valence-electron chi connectivity index (χ3n) is 0.558. The van der Waals surface area contributed by atoms with Crippen molar-refractivity contribution < 1.29 is 9.90 Å². The summed E-state index contributed by atoms with van der Waals surface area (Å²) in [6.07, 6.45) is 2.82. The number of carbonyl (C=O) groups is 1. The zero-order valence-corrected chi connectivity index (χ0v) is 9.35. The molecule has 9 heavy (non-hydrogen) atoms. The Bertz CT molecular complexity index is 58.1. The summed E-state index contributed by atoms with van der Waals surface area (Å²) in [6.45, 7) is 3.32. The number of hydrogen-bond acceptors (Lipinski definition) is 1. The minimum atomic E-state index is -0.833. The van der Waals surface area contributed by atoms with Crippen LogP contribution >= 0.6 is 0 Å². The molecule has 0 saturated carbocycles. The second-order valence-corrected chi connectivity index (χ2v) is 3.31. The number of hydrogen-bond donors (Lipinski definition) is 1. The average Bonchev–Trinajstić information content (AvgIpc) is 1.66. The van der Waals surface area contributed by atoms with E-state index >= 15 is 0 Å². The van der Waals surface area contributed by atoms with Gasteiger partial charge in [-0.15, -0.1) is 0 Å². The molecule has 0 aliphatic rings. The molecule has 0 heterocycles. The molecule has 0 aliphatic heterocycles. The van der Waals surface area contributed by atoms with Gasteiger partial charge in [-0.25, -0.2) is 0 Å². The molecular formula is C6H14O2Sn. The summed E-state index contributed by atoms with van der Waals surface area (Å²) in [4.78, 5) is 9.00. The van der Waals surface area contributed by atoms with Gasteiger partial charge in [0.05, 0.1) is 0 Å². The standard InChI is InChI=1S/C4H9.C2H4O2.Sn.H/c1-3-4-2;1-2(3)4;;/h1,3-4H2,2H3;1H3,(H,3,4);;. The van der Waals surface area contributed by atoms with Crippen molar-refractivity contribution in [1.82, 2.24) is 0 Å². The molecule has 0 bridgehead atoms. The molecule has 0 aliphatic carbocycles. The third kappa shape index (κ3) is 63.1. The van der Waals surface area contributed by atoms with Gasteiger partial charge in [-0.2, -0.15) is 0 Å². The summed E-state index contributed by atoms with van der Waals surface area (Å²) in [5.41, 5.74) is 0. The van der Waals surface area contributed by atoms with E-state index in [2.05, 4.69) is 6.92 Å². The van der Waals surface area contributed by atoms with Crippen LogP contribution in [0.15, 0.2) is 0 Å². The van der Waals surface area contributed by atoms with Gasteiger partial charge in [-0.3, -0.25) is 4.79 Å². The Balaban J connectivity index is 0. The third-order valence-corrected chi connectivity index (χ3v) is 1.72. The van der Waals surface area contributed by atoms with Crippen molar-refractivity contribution >= 4 is 28.5 Å². The van der Waals surface area contributed by atoms with Crippen molar-refractivity contribution in [2.45, 2.75) is 31.1 Å². The number of carboxylic acid groups (broad SMARTS) is 1. The molecule has 0 fully saturated rings. The maximum absolute atomic E-state index is 9.00. The van der Waals surface area contributed by atoms with Crippen LogP contribution in [-0.2, 0) is 4.79 Å². The summed E-state index contributed by atoms with van der Waals surface area (Å²) in [6, 6.07) is 0. The Morgan fingerprint density at radius 2 is 2.00 bits per heavy atom. The monoisotopic (exact) mass is 238 g/mol. The van der Waals surface area contributed by atoms with Crippen LogP contribution in [0.3, 0.4) is 0 Å². The molecule has 54 valence electrons. The number of carboxylic acids is 1. The SMILES string of the molecule is CC(=O)O.CCC[CH2][SnH]. The fraction of sp³-hybridized carbons (Fsp3) is 0.833. The molecule has 0 aromatic heterocycles. The fourth-order valence-electron chi connectivity index (χ4n) is 0.204. The molecule has 0 unspecified atom stereocenters. The zero-order valence-electron chi connectivity index (χ0n) is 6.05. The van der Waals surface area contributed by atoms with Gasteiger partial charge < -0.3 is 5.11 Å². The Hall–Kier alpha value is 0.269. The van der Waals surface area contributed by atoms with Crippen molar-refractivity contribution in [3.63, 3.8) is 0 Å². The van der Waals surface area contributed by atoms with Gasteiger partial charge in [-0.1, -0.05) is 0 Å². The normalized spacial score (nSPS) is 7.44. The van der Waals surface area contributed by atoms with E-state index in [1.165, 1.54) is 39.8 Å². The van der Waals surface area contributed by atoms with Gasteiger partial charge in [0.25, 0.3) is 5.97 Å². The van der Waals surface area contributed by atoms with Gasteiger partial charge in [0.1, 0.15) is 0 Å². The van der Waals surface area contributed by atoms with Gasteiger partial charge in [0.2, 0.25) is 0 Å². The molecule has 2 radical (unpaired) electrons. The van der Waals surface area contributed by atoms with Crippen LogP contribution in [-0.4, -0.2) is 33.6 Å². The van der Waals surface area contributed by atoms with E-state index in [4.69, 9.17) is 9.90 Å². The van der Waals surface area contributed by atoms with E-state index in [1.807, 2.05) is 0 Å². The predicted molar refractivity (Wildman–Crippen MR) is 40.2 cm³/mol. The second-order valence-electron chi connectivity index (χ2n) is 1.66. The van der Waals surface area contributed by atoms with Crippen LogP contribution in [0.4, 0.5) is 0 Å². The first-order valence-electron chi connectivity index (χ1n) is 3.04. The van der Waals surface area contributed by atoms with E-state index in [0.29, 0.717) is 0 Å². The second kappa shape index (κ2) is 11.1. The van der Waals surface area contributed by atoms with Crippen LogP contribution in [0.1, 0.15) is 26.7 Å². The Kier molecular flexibility index (Phi) is 14.8. The zero-order chi connectivity index (χ0) is 7.70. The Labute approximate surface area is 69.7 Å². The summed E-state index contributed by atoms with van der Waals surface area (Å²) in [7, 11) is 0. The van der Waals surface area contributed by atoms with Crippen molar-refractivity contribution in [2.75, 3.05) is 0 Å². The van der Waals surface area contributed by atoms with E-state index < -0.39 is 5.97 Å². The van der Waals surface area contributed by atoms with Crippen LogP contribution in [0.5, 0.6) is 0 Å². The van der Waals surface area contributed by atoms with Crippen LogP contribution in [0, 0.1) is 0 Å². The average molecular weight is 237 g/mol. The quantitative estimate of drug-likeness (QED) is 0.732. The summed E-state index contributed by atoms with van der Waals surface area (Å²) in [5.74, 6) is -0.833. The maximum atomic E-state index is 9.00. The summed E-state index contributed by atoms with van der Waals surface area (Å²) < 4.78 is 1.47. The Morgan fingerprint density at radius 3 is 2.00 bits per heavy atom. The number of aliphatic carboxylic acids is 1. The molecular weight excluding hydrogens is 223 g/mol.